The molecule has 0 aliphatic rings. The zero-order chi connectivity index (χ0) is 15.0. The van der Waals surface area contributed by atoms with E-state index in [1.807, 2.05) is 6.07 Å². The molecule has 1 unspecified atom stereocenters. The number of benzene rings is 1. The first-order valence-electron chi connectivity index (χ1n) is 6.55. The number of carboxylic acids is 1. The van der Waals surface area contributed by atoms with Crippen LogP contribution in [0.5, 0.6) is 0 Å². The number of methoxy groups -OCH3 is 1. The number of carboxylic acid groups (broad SMARTS) is 1. The van der Waals surface area contributed by atoms with E-state index in [4.69, 9.17) is 4.74 Å². The van der Waals surface area contributed by atoms with E-state index in [1.165, 1.54) is 0 Å². The lowest BCUT2D eigenvalue weighted by molar-refractivity contribution is -0.145. The average molecular weight is 279 g/mol. The molecule has 5 nitrogen and oxygen atoms in total. The highest BCUT2D eigenvalue weighted by Gasteiger charge is 2.37. The van der Waals surface area contributed by atoms with Crippen molar-refractivity contribution in [2.45, 2.75) is 25.2 Å². The Labute approximate surface area is 118 Å². The standard InChI is InChI=1S/C15H21NO4/c1-15(14(18)19,12-7-4-3-5-8-12)11-13(17)16-9-6-10-20-2/h3-5,7-8H,6,9-11H2,1-2H3,(H,16,17)(H,18,19). The summed E-state index contributed by atoms with van der Waals surface area (Å²) >= 11 is 0. The van der Waals surface area contributed by atoms with Gasteiger partial charge in [0.05, 0.1) is 5.41 Å². The number of hydrogen-bond acceptors (Lipinski definition) is 3. The summed E-state index contributed by atoms with van der Waals surface area (Å²) in [5.41, 5.74) is -0.591. The van der Waals surface area contributed by atoms with Gasteiger partial charge in [-0.2, -0.15) is 0 Å². The summed E-state index contributed by atoms with van der Waals surface area (Å²) in [5.74, 6) is -1.27. The molecule has 1 rings (SSSR count). The molecule has 0 bridgehead atoms. The van der Waals surface area contributed by atoms with Crippen LogP contribution in [0.1, 0.15) is 25.3 Å². The maximum atomic E-state index is 11.9. The summed E-state index contributed by atoms with van der Waals surface area (Å²) in [4.78, 5) is 23.4. The summed E-state index contributed by atoms with van der Waals surface area (Å²) in [6.07, 6.45) is 0.622. The molecule has 110 valence electrons. The van der Waals surface area contributed by atoms with Crippen LogP contribution in [0.2, 0.25) is 0 Å². The Bertz CT molecular complexity index is 446. The third kappa shape index (κ3) is 4.35. The van der Waals surface area contributed by atoms with Gasteiger partial charge in [0.2, 0.25) is 5.91 Å². The van der Waals surface area contributed by atoms with Gasteiger partial charge >= 0.3 is 5.97 Å². The number of carbonyl (C=O) groups excluding carboxylic acids is 1. The molecule has 1 aromatic rings. The Morgan fingerprint density at radius 1 is 1.30 bits per heavy atom. The highest BCUT2D eigenvalue weighted by atomic mass is 16.5. The van der Waals surface area contributed by atoms with Gasteiger partial charge in [0.15, 0.2) is 0 Å². The van der Waals surface area contributed by atoms with Crippen LogP contribution < -0.4 is 5.32 Å². The van der Waals surface area contributed by atoms with Crippen molar-refractivity contribution in [2.24, 2.45) is 0 Å². The van der Waals surface area contributed by atoms with Gasteiger partial charge < -0.3 is 15.2 Å². The minimum absolute atomic E-state index is 0.0840. The van der Waals surface area contributed by atoms with Crippen molar-refractivity contribution in [1.82, 2.24) is 5.32 Å². The molecule has 0 aromatic heterocycles. The van der Waals surface area contributed by atoms with Crippen molar-refractivity contribution in [3.63, 3.8) is 0 Å². The molecule has 5 heteroatoms. The molecule has 0 aliphatic carbocycles. The van der Waals surface area contributed by atoms with Crippen LogP contribution in [-0.4, -0.2) is 37.2 Å². The highest BCUT2D eigenvalue weighted by molar-refractivity contribution is 5.89. The normalized spacial score (nSPS) is 13.5. The molecule has 1 amide bonds. The van der Waals surface area contributed by atoms with Crippen LogP contribution in [0.3, 0.4) is 0 Å². The first-order chi connectivity index (χ1) is 9.50. The second kappa shape index (κ2) is 7.65. The Balaban J connectivity index is 2.68. The van der Waals surface area contributed by atoms with E-state index in [1.54, 1.807) is 38.3 Å². The van der Waals surface area contributed by atoms with Crippen molar-refractivity contribution >= 4 is 11.9 Å². The van der Waals surface area contributed by atoms with E-state index >= 15 is 0 Å². The van der Waals surface area contributed by atoms with Crippen molar-refractivity contribution < 1.29 is 19.4 Å². The lowest BCUT2D eigenvalue weighted by atomic mass is 9.79. The van der Waals surface area contributed by atoms with E-state index in [9.17, 15) is 14.7 Å². The first kappa shape index (κ1) is 16.2. The van der Waals surface area contributed by atoms with E-state index in [-0.39, 0.29) is 12.3 Å². The molecule has 1 aromatic carbocycles. The highest BCUT2D eigenvalue weighted by Crippen LogP contribution is 2.27. The van der Waals surface area contributed by atoms with Gasteiger partial charge in [0.1, 0.15) is 0 Å². The molecule has 0 saturated heterocycles. The minimum atomic E-state index is -1.22. The van der Waals surface area contributed by atoms with Crippen LogP contribution in [0, 0.1) is 0 Å². The maximum Gasteiger partial charge on any atom is 0.314 e. The van der Waals surface area contributed by atoms with Crippen molar-refractivity contribution in [3.8, 4) is 0 Å². The lowest BCUT2D eigenvalue weighted by Gasteiger charge is -2.24. The van der Waals surface area contributed by atoms with Crippen molar-refractivity contribution in [1.29, 1.82) is 0 Å². The smallest absolute Gasteiger partial charge is 0.314 e. The summed E-state index contributed by atoms with van der Waals surface area (Å²) in [5, 5.41) is 12.2. The van der Waals surface area contributed by atoms with Gasteiger partial charge in [-0.15, -0.1) is 0 Å². The number of ether oxygens (including phenoxy) is 1. The molecule has 20 heavy (non-hydrogen) atoms. The molecular formula is C15H21NO4. The number of aliphatic carboxylic acids is 1. The summed E-state index contributed by atoms with van der Waals surface area (Å²) in [6, 6.07) is 8.81. The van der Waals surface area contributed by atoms with Crippen molar-refractivity contribution in [3.05, 3.63) is 35.9 Å². The van der Waals surface area contributed by atoms with E-state index < -0.39 is 11.4 Å². The van der Waals surface area contributed by atoms with Crippen LogP contribution >= 0.6 is 0 Å². The molecular weight excluding hydrogens is 258 g/mol. The van der Waals surface area contributed by atoms with E-state index in [2.05, 4.69) is 5.32 Å². The Kier molecular flexibility index (Phi) is 6.18. The third-order valence-corrected chi connectivity index (χ3v) is 3.24. The number of nitrogens with one attached hydrogen (secondary N) is 1. The summed E-state index contributed by atoms with van der Waals surface area (Å²) < 4.78 is 4.89. The Morgan fingerprint density at radius 2 is 1.95 bits per heavy atom. The van der Waals surface area contributed by atoms with E-state index in [0.29, 0.717) is 25.1 Å². The summed E-state index contributed by atoms with van der Waals surface area (Å²) in [6.45, 7) is 2.62. The minimum Gasteiger partial charge on any atom is -0.481 e. The molecule has 0 aliphatic heterocycles. The van der Waals surface area contributed by atoms with E-state index in [0.717, 1.165) is 0 Å². The molecule has 1 atom stereocenters. The number of rotatable bonds is 8. The van der Waals surface area contributed by atoms with Crippen LogP contribution in [0.15, 0.2) is 30.3 Å². The Morgan fingerprint density at radius 3 is 2.50 bits per heavy atom. The second-order valence-corrected chi connectivity index (χ2v) is 4.88. The SMILES string of the molecule is COCCCNC(=O)CC(C)(C(=O)O)c1ccccc1. The Hall–Kier alpha value is -1.88. The van der Waals surface area contributed by atoms with Gasteiger partial charge in [-0.05, 0) is 18.9 Å². The van der Waals surface area contributed by atoms with Gasteiger partial charge in [0.25, 0.3) is 0 Å². The predicted octanol–water partition coefficient (Wildman–Crippen LogP) is 1.57. The predicted molar refractivity (Wildman–Crippen MR) is 75.5 cm³/mol. The van der Waals surface area contributed by atoms with Crippen LogP contribution in [0.25, 0.3) is 0 Å². The van der Waals surface area contributed by atoms with Gasteiger partial charge in [-0.25, -0.2) is 0 Å². The lowest BCUT2D eigenvalue weighted by Crippen LogP contribution is -2.39. The largest absolute Gasteiger partial charge is 0.481 e. The molecule has 0 radical (unpaired) electrons. The fourth-order valence-electron chi connectivity index (χ4n) is 1.94. The molecule has 0 fully saturated rings. The quantitative estimate of drug-likeness (QED) is 0.708. The van der Waals surface area contributed by atoms with Crippen LogP contribution in [0.4, 0.5) is 0 Å². The van der Waals surface area contributed by atoms with Gasteiger partial charge in [-0.3, -0.25) is 9.59 Å². The zero-order valence-electron chi connectivity index (χ0n) is 11.9. The number of carbonyl (C=O) groups is 2. The van der Waals surface area contributed by atoms with Gasteiger partial charge in [-0.1, -0.05) is 30.3 Å². The second-order valence-electron chi connectivity index (χ2n) is 4.88. The maximum absolute atomic E-state index is 11.9. The first-order valence-corrected chi connectivity index (χ1v) is 6.55. The third-order valence-electron chi connectivity index (χ3n) is 3.24. The van der Waals surface area contributed by atoms with Crippen LogP contribution in [-0.2, 0) is 19.7 Å². The molecule has 2 N–H and O–H groups in total. The molecule has 0 spiro atoms. The molecule has 0 saturated carbocycles. The fraction of sp³-hybridized carbons (Fsp3) is 0.467. The molecule has 0 heterocycles. The monoisotopic (exact) mass is 279 g/mol. The average Bonchev–Trinajstić information content (AvgIpc) is 2.44. The van der Waals surface area contributed by atoms with Crippen molar-refractivity contribution in [2.75, 3.05) is 20.3 Å². The fourth-order valence-corrected chi connectivity index (χ4v) is 1.94. The van der Waals surface area contributed by atoms with Gasteiger partial charge in [0, 0.05) is 26.7 Å². The number of hydrogen-bond donors (Lipinski definition) is 2. The topological polar surface area (TPSA) is 75.6 Å². The zero-order valence-corrected chi connectivity index (χ0v) is 11.9. The summed E-state index contributed by atoms with van der Waals surface area (Å²) in [7, 11) is 1.60. The number of amides is 1.